The zero-order chi connectivity index (χ0) is 12.2. The SMILES string of the molecule is CCOP(=O)(OCC)SC1CC(C)OC1=O. The van der Waals surface area contributed by atoms with Crippen molar-refractivity contribution in [3.05, 3.63) is 0 Å². The first kappa shape index (κ1) is 14.0. The van der Waals surface area contributed by atoms with E-state index in [0.29, 0.717) is 19.6 Å². The van der Waals surface area contributed by atoms with Crippen LogP contribution in [0.1, 0.15) is 27.2 Å². The Labute approximate surface area is 99.5 Å². The normalized spacial score (nSPS) is 25.8. The Morgan fingerprint density at radius 1 is 1.44 bits per heavy atom. The van der Waals surface area contributed by atoms with Crippen LogP contribution in [0.2, 0.25) is 0 Å². The van der Waals surface area contributed by atoms with Gasteiger partial charge >= 0.3 is 12.8 Å². The van der Waals surface area contributed by atoms with Crippen molar-refractivity contribution < 1.29 is 23.1 Å². The van der Waals surface area contributed by atoms with Crippen molar-refractivity contribution in [2.45, 2.75) is 38.5 Å². The molecule has 1 heterocycles. The van der Waals surface area contributed by atoms with Crippen LogP contribution in [-0.4, -0.2) is 30.5 Å². The molecule has 1 rings (SSSR count). The number of hydrogen-bond donors (Lipinski definition) is 0. The van der Waals surface area contributed by atoms with Crippen LogP contribution in [0, 0.1) is 0 Å². The summed E-state index contributed by atoms with van der Waals surface area (Å²) in [6.45, 7) is 2.66. The number of ether oxygens (including phenoxy) is 1. The lowest BCUT2D eigenvalue weighted by Gasteiger charge is -2.17. The Morgan fingerprint density at radius 3 is 2.38 bits per heavy atom. The first-order valence-corrected chi connectivity index (χ1v) is 8.31. The highest BCUT2D eigenvalue weighted by atomic mass is 32.7. The third-order valence-electron chi connectivity index (χ3n) is 1.96. The molecule has 2 atom stereocenters. The van der Waals surface area contributed by atoms with Crippen LogP contribution in [0.15, 0.2) is 0 Å². The highest BCUT2D eigenvalue weighted by Crippen LogP contribution is 2.63. The summed E-state index contributed by atoms with van der Waals surface area (Å²) >= 11 is 0.952. The number of hydrogen-bond acceptors (Lipinski definition) is 6. The minimum absolute atomic E-state index is 0.123. The molecule has 1 fully saturated rings. The maximum absolute atomic E-state index is 12.1. The van der Waals surface area contributed by atoms with Crippen molar-refractivity contribution in [3.8, 4) is 0 Å². The third-order valence-corrected chi connectivity index (χ3v) is 6.17. The van der Waals surface area contributed by atoms with Gasteiger partial charge in [-0.2, -0.15) is 0 Å². The van der Waals surface area contributed by atoms with Crippen LogP contribution in [0.5, 0.6) is 0 Å². The van der Waals surface area contributed by atoms with Gasteiger partial charge in [0.2, 0.25) is 0 Å². The molecule has 0 spiro atoms. The first-order valence-electron chi connectivity index (χ1n) is 5.28. The lowest BCUT2D eigenvalue weighted by atomic mass is 10.3. The zero-order valence-electron chi connectivity index (χ0n) is 9.67. The number of cyclic esters (lactones) is 1. The monoisotopic (exact) mass is 268 g/mol. The van der Waals surface area contributed by atoms with Crippen LogP contribution in [-0.2, 0) is 23.1 Å². The van der Waals surface area contributed by atoms with Crippen molar-refractivity contribution in [1.29, 1.82) is 0 Å². The Morgan fingerprint density at radius 2 is 2.00 bits per heavy atom. The van der Waals surface area contributed by atoms with E-state index in [1.807, 2.05) is 6.92 Å². The molecule has 0 N–H and O–H groups in total. The van der Waals surface area contributed by atoms with Gasteiger partial charge in [-0.3, -0.25) is 4.79 Å². The lowest BCUT2D eigenvalue weighted by molar-refractivity contribution is -0.140. The van der Waals surface area contributed by atoms with Crippen LogP contribution >= 0.6 is 18.2 Å². The van der Waals surface area contributed by atoms with Gasteiger partial charge in [0.15, 0.2) is 0 Å². The van der Waals surface area contributed by atoms with Gasteiger partial charge in [-0.05, 0) is 32.2 Å². The third kappa shape index (κ3) is 3.77. The molecular weight excluding hydrogens is 251 g/mol. The largest absolute Gasteiger partial charge is 0.462 e. The van der Waals surface area contributed by atoms with E-state index in [1.54, 1.807) is 13.8 Å². The predicted octanol–water partition coefficient (Wildman–Crippen LogP) is 2.60. The number of rotatable bonds is 6. The van der Waals surface area contributed by atoms with E-state index < -0.39 is 12.0 Å². The van der Waals surface area contributed by atoms with Gasteiger partial charge in [0.1, 0.15) is 11.4 Å². The second kappa shape index (κ2) is 6.05. The van der Waals surface area contributed by atoms with Crippen LogP contribution in [0.3, 0.4) is 0 Å². The highest BCUT2D eigenvalue weighted by Gasteiger charge is 2.40. The summed E-state index contributed by atoms with van der Waals surface area (Å²) in [6.07, 6.45) is 0.426. The Bertz CT molecular complexity index is 286. The average molecular weight is 268 g/mol. The molecule has 1 saturated heterocycles. The molecule has 0 aromatic heterocycles. The summed E-state index contributed by atoms with van der Waals surface area (Å²) in [4.78, 5) is 11.4. The molecule has 94 valence electrons. The van der Waals surface area contributed by atoms with Gasteiger partial charge in [-0.15, -0.1) is 0 Å². The topological polar surface area (TPSA) is 61.8 Å². The minimum Gasteiger partial charge on any atom is -0.462 e. The van der Waals surface area contributed by atoms with Gasteiger partial charge in [0, 0.05) is 6.42 Å². The van der Waals surface area contributed by atoms with Crippen molar-refractivity contribution in [1.82, 2.24) is 0 Å². The molecule has 5 nitrogen and oxygen atoms in total. The number of carbonyl (C=O) groups excluding carboxylic acids is 1. The van der Waals surface area contributed by atoms with Crippen LogP contribution in [0.25, 0.3) is 0 Å². The summed E-state index contributed by atoms with van der Waals surface area (Å²) in [5.41, 5.74) is 0. The van der Waals surface area contributed by atoms with Gasteiger partial charge in [0.25, 0.3) is 0 Å². The van der Waals surface area contributed by atoms with E-state index in [1.165, 1.54) is 0 Å². The van der Waals surface area contributed by atoms with E-state index in [4.69, 9.17) is 13.8 Å². The summed E-state index contributed by atoms with van der Waals surface area (Å²) in [5.74, 6) is -0.336. The van der Waals surface area contributed by atoms with Crippen molar-refractivity contribution in [2.75, 3.05) is 13.2 Å². The average Bonchev–Trinajstić information content (AvgIpc) is 2.45. The molecule has 0 aliphatic carbocycles. The van der Waals surface area contributed by atoms with E-state index in [0.717, 1.165) is 11.4 Å². The molecule has 16 heavy (non-hydrogen) atoms. The van der Waals surface area contributed by atoms with E-state index >= 15 is 0 Å². The zero-order valence-corrected chi connectivity index (χ0v) is 11.4. The number of esters is 1. The van der Waals surface area contributed by atoms with Crippen LogP contribution in [0.4, 0.5) is 0 Å². The fourth-order valence-corrected chi connectivity index (χ4v) is 5.46. The molecule has 0 aromatic carbocycles. The fraction of sp³-hybridized carbons (Fsp3) is 0.889. The summed E-state index contributed by atoms with van der Waals surface area (Å²) in [5, 5.41) is -0.445. The summed E-state index contributed by atoms with van der Waals surface area (Å²) in [7, 11) is 0. The molecule has 7 heteroatoms. The molecule has 2 unspecified atom stereocenters. The van der Waals surface area contributed by atoms with E-state index in [9.17, 15) is 9.36 Å². The van der Waals surface area contributed by atoms with E-state index in [-0.39, 0.29) is 12.1 Å². The molecular formula is C9H17O5PS. The van der Waals surface area contributed by atoms with Gasteiger partial charge < -0.3 is 13.8 Å². The smallest absolute Gasteiger partial charge is 0.389 e. The molecule has 0 bridgehead atoms. The maximum Gasteiger partial charge on any atom is 0.389 e. The highest BCUT2D eigenvalue weighted by molar-refractivity contribution is 8.55. The number of carbonyl (C=O) groups is 1. The Balaban J connectivity index is 2.61. The Hall–Kier alpha value is -0.0300. The quantitative estimate of drug-likeness (QED) is 0.545. The van der Waals surface area contributed by atoms with Crippen molar-refractivity contribution in [2.24, 2.45) is 0 Å². The molecule has 0 amide bonds. The molecule has 0 radical (unpaired) electrons. The summed E-state index contributed by atoms with van der Waals surface area (Å²) in [6, 6.07) is 0. The molecule has 1 aliphatic rings. The van der Waals surface area contributed by atoms with Gasteiger partial charge in [-0.1, -0.05) is 0 Å². The van der Waals surface area contributed by atoms with Crippen LogP contribution < -0.4 is 0 Å². The van der Waals surface area contributed by atoms with Gasteiger partial charge in [0.05, 0.1) is 13.2 Å². The van der Waals surface area contributed by atoms with E-state index in [2.05, 4.69) is 0 Å². The van der Waals surface area contributed by atoms with Gasteiger partial charge in [-0.25, -0.2) is 4.57 Å². The predicted molar refractivity (Wildman–Crippen MR) is 62.4 cm³/mol. The molecule has 0 aromatic rings. The van der Waals surface area contributed by atoms with Crippen molar-refractivity contribution >= 4 is 24.1 Å². The second-order valence-corrected chi connectivity index (χ2v) is 7.52. The van der Waals surface area contributed by atoms with Crippen molar-refractivity contribution in [3.63, 3.8) is 0 Å². The molecule has 1 aliphatic heterocycles. The second-order valence-electron chi connectivity index (χ2n) is 3.36. The lowest BCUT2D eigenvalue weighted by Crippen LogP contribution is -2.10. The first-order chi connectivity index (χ1) is 7.50. The standard InChI is InChI=1S/C9H17O5PS/c1-4-12-15(11,13-5-2)16-8-6-7(3)14-9(8)10/h7-8H,4-6H2,1-3H3. The summed E-state index contributed by atoms with van der Waals surface area (Å²) < 4.78 is 27.3. The Kier molecular flexibility index (Phi) is 5.31. The fourth-order valence-electron chi connectivity index (χ4n) is 1.38. The minimum atomic E-state index is -3.22. The molecule has 0 saturated carbocycles. The maximum atomic E-state index is 12.1.